The number of fused-ring (bicyclic) bond motifs is 1. The first-order valence-electron chi connectivity index (χ1n) is 12.0. The van der Waals surface area contributed by atoms with E-state index in [4.69, 9.17) is 16.3 Å². The number of esters is 1. The zero-order valence-corrected chi connectivity index (χ0v) is 23.8. The number of carbonyl (C=O) groups is 1. The van der Waals surface area contributed by atoms with Gasteiger partial charge < -0.3 is 4.74 Å². The third-order valence-corrected chi connectivity index (χ3v) is 8.40. The van der Waals surface area contributed by atoms with Crippen LogP contribution in [0.1, 0.15) is 47.2 Å². The van der Waals surface area contributed by atoms with E-state index in [1.165, 1.54) is 14.9 Å². The zero-order chi connectivity index (χ0) is 27.2. The molecule has 0 radical (unpaired) electrons. The molecule has 0 amide bonds. The smallest absolute Gasteiger partial charge is 0.342 e. The lowest BCUT2D eigenvalue weighted by atomic mass is 10.0. The Kier molecular flexibility index (Phi) is 7.23. The van der Waals surface area contributed by atoms with Gasteiger partial charge in [0.2, 0.25) is 10.0 Å². The van der Waals surface area contributed by atoms with E-state index in [0.717, 1.165) is 24.7 Å². The summed E-state index contributed by atoms with van der Waals surface area (Å²) in [7, 11) is -3.77. The van der Waals surface area contributed by atoms with Crippen molar-refractivity contribution >= 4 is 54.7 Å². The molecule has 2 aromatic carbocycles. The zero-order valence-electron chi connectivity index (χ0n) is 20.6. The number of hydrogen-bond donors (Lipinski definition) is 0. The monoisotopic (exact) mass is 619 g/mol. The second-order valence-electron chi connectivity index (χ2n) is 9.19. The summed E-state index contributed by atoms with van der Waals surface area (Å²) in [6, 6.07) is 13.3. The van der Waals surface area contributed by atoms with Crippen LogP contribution in [-0.4, -0.2) is 36.9 Å². The molecule has 0 aliphatic heterocycles. The summed E-state index contributed by atoms with van der Waals surface area (Å²) in [6.45, 7) is 1.86. The SMILES string of the molecule is CCOC(=O)c1c(-c2ccc(Cl)cc2)nn2cc(N(Cc3ccc(Br)c(F)c3)S(C)(=O)=O)c(C3CC3)cc12. The molecule has 4 aromatic rings. The lowest BCUT2D eigenvalue weighted by Gasteiger charge is -2.25. The molecule has 0 bridgehead atoms. The van der Waals surface area contributed by atoms with Crippen molar-refractivity contribution in [3.05, 3.63) is 86.7 Å². The summed E-state index contributed by atoms with van der Waals surface area (Å²) in [5.74, 6) is -0.871. The highest BCUT2D eigenvalue weighted by Gasteiger charge is 2.33. The average molecular weight is 621 g/mol. The Labute approximate surface area is 233 Å². The van der Waals surface area contributed by atoms with Crippen molar-refractivity contribution < 1.29 is 22.3 Å². The van der Waals surface area contributed by atoms with Crippen LogP contribution in [0.15, 0.2) is 59.2 Å². The van der Waals surface area contributed by atoms with Gasteiger partial charge in [-0.2, -0.15) is 5.10 Å². The maximum Gasteiger partial charge on any atom is 0.342 e. The number of ether oxygens (including phenoxy) is 1. The molecule has 0 saturated heterocycles. The fourth-order valence-electron chi connectivity index (χ4n) is 4.42. The van der Waals surface area contributed by atoms with Crippen LogP contribution in [0, 0.1) is 5.82 Å². The van der Waals surface area contributed by atoms with Gasteiger partial charge in [-0.1, -0.05) is 29.8 Å². The van der Waals surface area contributed by atoms with Crippen molar-refractivity contribution in [2.24, 2.45) is 0 Å². The largest absolute Gasteiger partial charge is 0.462 e. The summed E-state index contributed by atoms with van der Waals surface area (Å²) >= 11 is 9.21. The van der Waals surface area contributed by atoms with Gasteiger partial charge in [-0.15, -0.1) is 0 Å². The molecular formula is C27H24BrClFN3O4S. The number of benzene rings is 2. The first kappa shape index (κ1) is 26.6. The first-order valence-corrected chi connectivity index (χ1v) is 15.0. The highest BCUT2D eigenvalue weighted by atomic mass is 79.9. The van der Waals surface area contributed by atoms with Crippen LogP contribution >= 0.6 is 27.5 Å². The van der Waals surface area contributed by atoms with Gasteiger partial charge in [-0.05, 0) is 83.1 Å². The lowest BCUT2D eigenvalue weighted by Crippen LogP contribution is -2.30. The Balaban J connectivity index is 1.72. The Morgan fingerprint density at radius 1 is 1.21 bits per heavy atom. The number of anilines is 1. The minimum Gasteiger partial charge on any atom is -0.462 e. The molecule has 2 aromatic heterocycles. The fourth-order valence-corrected chi connectivity index (χ4v) is 5.69. The van der Waals surface area contributed by atoms with E-state index >= 15 is 0 Å². The highest BCUT2D eigenvalue weighted by molar-refractivity contribution is 9.10. The highest BCUT2D eigenvalue weighted by Crippen LogP contribution is 2.46. The van der Waals surface area contributed by atoms with Crippen LogP contribution in [-0.2, 0) is 21.3 Å². The normalized spacial score (nSPS) is 13.6. The van der Waals surface area contributed by atoms with Crippen LogP contribution in [0.4, 0.5) is 10.1 Å². The summed E-state index contributed by atoms with van der Waals surface area (Å²) in [5.41, 5.74) is 3.60. The molecule has 5 rings (SSSR count). The number of rotatable bonds is 8. The quantitative estimate of drug-likeness (QED) is 0.208. The van der Waals surface area contributed by atoms with E-state index in [9.17, 15) is 17.6 Å². The molecule has 198 valence electrons. The maximum absolute atomic E-state index is 14.2. The number of nitrogens with zero attached hydrogens (tertiary/aromatic N) is 3. The molecule has 1 aliphatic rings. The van der Waals surface area contributed by atoms with Gasteiger partial charge in [0.25, 0.3) is 0 Å². The fraction of sp³-hybridized carbons (Fsp3) is 0.259. The first-order chi connectivity index (χ1) is 18.1. The summed E-state index contributed by atoms with van der Waals surface area (Å²) < 4.78 is 48.8. The van der Waals surface area contributed by atoms with E-state index in [1.807, 2.05) is 6.07 Å². The van der Waals surface area contributed by atoms with E-state index in [1.54, 1.807) is 49.5 Å². The van der Waals surface area contributed by atoms with Crippen molar-refractivity contribution in [3.63, 3.8) is 0 Å². The molecular weight excluding hydrogens is 597 g/mol. The van der Waals surface area contributed by atoms with Gasteiger partial charge >= 0.3 is 5.97 Å². The minimum absolute atomic E-state index is 0.0652. The predicted octanol–water partition coefficient (Wildman–Crippen LogP) is 6.58. The molecule has 0 atom stereocenters. The van der Waals surface area contributed by atoms with Crippen molar-refractivity contribution in [2.75, 3.05) is 17.2 Å². The molecule has 0 N–H and O–H groups in total. The Hall–Kier alpha value is -2.95. The number of carbonyl (C=O) groups excluding carboxylic acids is 1. The van der Waals surface area contributed by atoms with Gasteiger partial charge in [0, 0.05) is 10.6 Å². The van der Waals surface area contributed by atoms with E-state index < -0.39 is 21.8 Å². The van der Waals surface area contributed by atoms with Gasteiger partial charge in [0.15, 0.2) is 0 Å². The Bertz CT molecular complexity index is 1650. The second kappa shape index (κ2) is 10.3. The Morgan fingerprint density at radius 2 is 1.92 bits per heavy atom. The summed E-state index contributed by atoms with van der Waals surface area (Å²) in [6.07, 6.45) is 4.53. The number of aromatic nitrogens is 2. The molecule has 0 spiro atoms. The third kappa shape index (κ3) is 5.30. The number of hydrogen-bond acceptors (Lipinski definition) is 5. The molecule has 7 nitrogen and oxygen atoms in total. The topological polar surface area (TPSA) is 81.0 Å². The van der Waals surface area contributed by atoms with Crippen LogP contribution in [0.5, 0.6) is 0 Å². The van der Waals surface area contributed by atoms with Crippen LogP contribution < -0.4 is 4.31 Å². The van der Waals surface area contributed by atoms with Crippen LogP contribution in [0.25, 0.3) is 16.8 Å². The summed E-state index contributed by atoms with van der Waals surface area (Å²) in [4.78, 5) is 13.1. The van der Waals surface area contributed by atoms with Crippen LogP contribution in [0.3, 0.4) is 0 Å². The van der Waals surface area contributed by atoms with Crippen molar-refractivity contribution in [1.82, 2.24) is 9.61 Å². The third-order valence-electron chi connectivity index (χ3n) is 6.37. The van der Waals surface area contributed by atoms with Crippen LogP contribution in [0.2, 0.25) is 5.02 Å². The van der Waals surface area contributed by atoms with Crippen molar-refractivity contribution in [1.29, 1.82) is 0 Å². The van der Waals surface area contributed by atoms with Gasteiger partial charge in [0.1, 0.15) is 17.1 Å². The predicted molar refractivity (Wildman–Crippen MR) is 149 cm³/mol. The van der Waals surface area contributed by atoms with Gasteiger partial charge in [0.05, 0.1) is 41.3 Å². The number of halogens is 3. The summed E-state index contributed by atoms with van der Waals surface area (Å²) in [5, 5.41) is 5.22. The average Bonchev–Trinajstić information content (AvgIpc) is 3.64. The van der Waals surface area contributed by atoms with Crippen molar-refractivity contribution in [2.45, 2.75) is 32.2 Å². The van der Waals surface area contributed by atoms with E-state index in [-0.39, 0.29) is 19.1 Å². The molecule has 2 heterocycles. The number of sulfonamides is 1. The van der Waals surface area contributed by atoms with E-state index in [2.05, 4.69) is 21.0 Å². The number of pyridine rings is 1. The van der Waals surface area contributed by atoms with Crippen molar-refractivity contribution in [3.8, 4) is 11.3 Å². The molecule has 11 heteroatoms. The molecule has 0 unspecified atom stereocenters. The molecule has 1 aliphatic carbocycles. The van der Waals surface area contributed by atoms with Gasteiger partial charge in [-0.25, -0.2) is 22.1 Å². The molecule has 38 heavy (non-hydrogen) atoms. The molecule has 1 saturated carbocycles. The molecule has 1 fully saturated rings. The van der Waals surface area contributed by atoms with E-state index in [0.29, 0.717) is 43.1 Å². The minimum atomic E-state index is -3.77. The van der Waals surface area contributed by atoms with Gasteiger partial charge in [-0.3, -0.25) is 4.31 Å². The second-order valence-corrected chi connectivity index (χ2v) is 12.4. The maximum atomic E-state index is 14.2. The Morgan fingerprint density at radius 3 is 2.53 bits per heavy atom. The lowest BCUT2D eigenvalue weighted by molar-refractivity contribution is 0.0529. The standard InChI is InChI=1S/C27H24BrClFN3O4S/c1-3-37-27(34)25-23-13-20(17-5-6-17)24(15-32(23)31-26(25)18-7-9-19(29)10-8-18)33(38(2,35)36)14-16-4-11-21(28)22(30)12-16/h4,7-13,15,17H,3,5-6,14H2,1-2H3.